The molecule has 2 aromatic carbocycles. The van der Waals surface area contributed by atoms with Crippen LogP contribution in [0.3, 0.4) is 0 Å². The van der Waals surface area contributed by atoms with E-state index in [0.717, 1.165) is 5.56 Å². The van der Waals surface area contributed by atoms with E-state index in [-0.39, 0.29) is 30.8 Å². The van der Waals surface area contributed by atoms with Crippen molar-refractivity contribution in [2.75, 3.05) is 20.2 Å². The average Bonchev–Trinajstić information content (AvgIpc) is 2.84. The summed E-state index contributed by atoms with van der Waals surface area (Å²) in [5, 5.41) is 30.4. The monoisotopic (exact) mass is 531 g/mol. The molecule has 0 fully saturated rings. The summed E-state index contributed by atoms with van der Waals surface area (Å²) < 4.78 is 33.5. The van der Waals surface area contributed by atoms with E-state index in [1.807, 2.05) is 30.3 Å². The van der Waals surface area contributed by atoms with Gasteiger partial charge in [0.15, 0.2) is 0 Å². The highest BCUT2D eigenvalue weighted by Gasteiger charge is 2.39. The summed E-state index contributed by atoms with van der Waals surface area (Å²) in [6.07, 6.45) is -1.12. The summed E-state index contributed by atoms with van der Waals surface area (Å²) in [4.78, 5) is 13.6. The Balaban J connectivity index is 2.44. The SMILES string of the molecule is COc1ccc(S(=O)(=O)N(CCCCC#N)C[C@@H](O)[C@H](Cc2ccccc2)N(C(=O)O)C(C)(C)C)cc1. The molecule has 0 aliphatic carbocycles. The second-order valence-corrected chi connectivity index (χ2v) is 11.7. The van der Waals surface area contributed by atoms with E-state index < -0.39 is 33.8 Å². The quantitative estimate of drug-likeness (QED) is 0.372. The molecule has 0 heterocycles. The van der Waals surface area contributed by atoms with Crippen molar-refractivity contribution in [2.24, 2.45) is 0 Å². The van der Waals surface area contributed by atoms with Crippen LogP contribution in [0.1, 0.15) is 45.6 Å². The lowest BCUT2D eigenvalue weighted by Crippen LogP contribution is -2.58. The zero-order chi connectivity index (χ0) is 27.6. The maximum absolute atomic E-state index is 13.6. The summed E-state index contributed by atoms with van der Waals surface area (Å²) >= 11 is 0. The summed E-state index contributed by atoms with van der Waals surface area (Å²) in [5.74, 6) is 0.504. The number of carboxylic acid groups (broad SMARTS) is 1. The molecule has 0 saturated carbocycles. The Hall–Kier alpha value is -3.13. The van der Waals surface area contributed by atoms with Gasteiger partial charge in [0, 0.05) is 25.0 Å². The third-order valence-corrected chi connectivity index (χ3v) is 7.91. The van der Waals surface area contributed by atoms with Crippen molar-refractivity contribution in [3.05, 3.63) is 60.2 Å². The zero-order valence-corrected chi connectivity index (χ0v) is 22.7. The van der Waals surface area contributed by atoms with Crippen LogP contribution in [0, 0.1) is 11.3 Å². The number of nitrogens with zero attached hydrogens (tertiary/aromatic N) is 3. The second kappa shape index (κ2) is 13.4. The minimum Gasteiger partial charge on any atom is -0.497 e. The molecule has 37 heavy (non-hydrogen) atoms. The Morgan fingerprint density at radius 2 is 1.70 bits per heavy atom. The van der Waals surface area contributed by atoms with E-state index in [2.05, 4.69) is 6.07 Å². The summed E-state index contributed by atoms with van der Waals surface area (Å²) in [5.41, 5.74) is -0.0284. The number of hydrogen-bond donors (Lipinski definition) is 2. The van der Waals surface area contributed by atoms with Crippen LogP contribution in [0.5, 0.6) is 5.75 Å². The van der Waals surface area contributed by atoms with Crippen molar-refractivity contribution in [2.45, 2.75) is 69.0 Å². The van der Waals surface area contributed by atoms with Crippen molar-refractivity contribution in [3.8, 4) is 11.8 Å². The molecule has 0 aliphatic heterocycles. The van der Waals surface area contributed by atoms with Gasteiger partial charge in [-0.3, -0.25) is 4.90 Å². The van der Waals surface area contributed by atoms with Gasteiger partial charge in [0.05, 0.1) is 30.2 Å². The van der Waals surface area contributed by atoms with Crippen LogP contribution in [-0.2, 0) is 16.4 Å². The van der Waals surface area contributed by atoms with Crippen LogP contribution in [0.25, 0.3) is 0 Å². The molecule has 2 N–H and O–H groups in total. The van der Waals surface area contributed by atoms with E-state index >= 15 is 0 Å². The predicted octanol–water partition coefficient (Wildman–Crippen LogP) is 4.13. The first kappa shape index (κ1) is 30.1. The molecule has 0 radical (unpaired) electrons. The van der Waals surface area contributed by atoms with Crippen molar-refractivity contribution in [1.29, 1.82) is 5.26 Å². The van der Waals surface area contributed by atoms with Crippen LogP contribution < -0.4 is 4.74 Å². The molecule has 0 aliphatic rings. The van der Waals surface area contributed by atoms with Gasteiger partial charge < -0.3 is 14.9 Å². The number of benzene rings is 2. The minimum atomic E-state index is -4.03. The summed E-state index contributed by atoms with van der Waals surface area (Å²) in [7, 11) is -2.54. The number of unbranched alkanes of at least 4 members (excludes halogenated alkanes) is 2. The van der Waals surface area contributed by atoms with Crippen LogP contribution in [0.2, 0.25) is 0 Å². The van der Waals surface area contributed by atoms with Crippen LogP contribution in [-0.4, -0.2) is 71.8 Å². The Labute approximate surface area is 219 Å². The third-order valence-electron chi connectivity index (χ3n) is 6.03. The van der Waals surface area contributed by atoms with Gasteiger partial charge in [-0.1, -0.05) is 30.3 Å². The van der Waals surface area contributed by atoms with E-state index in [1.54, 1.807) is 32.9 Å². The maximum Gasteiger partial charge on any atom is 0.408 e. The molecule has 9 nitrogen and oxygen atoms in total. The molecule has 0 bridgehead atoms. The molecule has 0 unspecified atom stereocenters. The van der Waals surface area contributed by atoms with Gasteiger partial charge >= 0.3 is 6.09 Å². The molecule has 2 atom stereocenters. The normalized spacial score (nSPS) is 13.5. The van der Waals surface area contributed by atoms with Gasteiger partial charge in [0.1, 0.15) is 5.75 Å². The number of ether oxygens (including phenoxy) is 1. The number of amides is 1. The number of carbonyl (C=O) groups is 1. The Morgan fingerprint density at radius 1 is 1.08 bits per heavy atom. The topological polar surface area (TPSA) is 131 Å². The van der Waals surface area contributed by atoms with Gasteiger partial charge in [-0.05, 0) is 69.9 Å². The van der Waals surface area contributed by atoms with Gasteiger partial charge in [-0.25, -0.2) is 13.2 Å². The summed E-state index contributed by atoms with van der Waals surface area (Å²) in [6, 6.07) is 16.3. The van der Waals surface area contributed by atoms with E-state index in [9.17, 15) is 23.4 Å². The highest BCUT2D eigenvalue weighted by molar-refractivity contribution is 7.89. The smallest absolute Gasteiger partial charge is 0.408 e. The molecule has 1 amide bonds. The fraction of sp³-hybridized carbons (Fsp3) is 0.481. The number of methoxy groups -OCH3 is 1. The molecule has 0 saturated heterocycles. The molecule has 0 aromatic heterocycles. The number of sulfonamides is 1. The third kappa shape index (κ3) is 8.45. The first-order valence-corrected chi connectivity index (χ1v) is 13.6. The highest BCUT2D eigenvalue weighted by Crippen LogP contribution is 2.26. The van der Waals surface area contributed by atoms with Crippen molar-refractivity contribution in [1.82, 2.24) is 9.21 Å². The Bertz CT molecular complexity index is 1140. The zero-order valence-electron chi connectivity index (χ0n) is 21.9. The van der Waals surface area contributed by atoms with E-state index in [0.29, 0.717) is 18.6 Å². The number of hydrogen-bond acceptors (Lipinski definition) is 6. The molecule has 202 valence electrons. The molecular weight excluding hydrogens is 494 g/mol. The number of aliphatic hydroxyl groups excluding tert-OH is 1. The van der Waals surface area contributed by atoms with E-state index in [1.165, 1.54) is 28.4 Å². The first-order valence-electron chi connectivity index (χ1n) is 12.2. The van der Waals surface area contributed by atoms with Gasteiger partial charge in [-0.2, -0.15) is 9.57 Å². The number of nitriles is 1. The van der Waals surface area contributed by atoms with Gasteiger partial charge in [-0.15, -0.1) is 0 Å². The number of aliphatic hydroxyl groups is 1. The van der Waals surface area contributed by atoms with Gasteiger partial charge in [0.2, 0.25) is 10.0 Å². The predicted molar refractivity (Wildman–Crippen MR) is 141 cm³/mol. The fourth-order valence-electron chi connectivity index (χ4n) is 4.21. The lowest BCUT2D eigenvalue weighted by Gasteiger charge is -2.42. The molecule has 0 spiro atoms. The largest absolute Gasteiger partial charge is 0.497 e. The van der Waals surface area contributed by atoms with Crippen molar-refractivity contribution >= 4 is 16.1 Å². The summed E-state index contributed by atoms with van der Waals surface area (Å²) in [6.45, 7) is 4.98. The second-order valence-electron chi connectivity index (χ2n) is 9.80. The first-order chi connectivity index (χ1) is 17.4. The van der Waals surface area contributed by atoms with E-state index in [4.69, 9.17) is 10.00 Å². The van der Waals surface area contributed by atoms with Gasteiger partial charge in [0.25, 0.3) is 0 Å². The lowest BCUT2D eigenvalue weighted by atomic mass is 9.94. The standard InChI is InChI=1S/C27H37N3O6S/c1-27(2,3)30(26(32)33)24(19-21-11-7-5-8-12-21)25(31)20-29(18-10-6-9-17-28)37(34,35)23-15-13-22(36-4)14-16-23/h5,7-8,11-16,24-25,31H,6,9-10,18-20H2,1-4H3,(H,32,33)/t24-,25+/m0/s1. The maximum atomic E-state index is 13.6. The average molecular weight is 532 g/mol. The number of rotatable bonds is 13. The molecular formula is C27H37N3O6S. The molecule has 2 aromatic rings. The molecule has 10 heteroatoms. The van der Waals surface area contributed by atoms with Crippen LogP contribution in [0.4, 0.5) is 4.79 Å². The highest BCUT2D eigenvalue weighted by atomic mass is 32.2. The lowest BCUT2D eigenvalue weighted by molar-refractivity contribution is 0.00109. The fourth-order valence-corrected chi connectivity index (χ4v) is 5.71. The Morgan fingerprint density at radius 3 is 2.22 bits per heavy atom. The Kier molecular flexibility index (Phi) is 10.9. The molecule has 2 rings (SSSR count). The van der Waals surface area contributed by atoms with Crippen molar-refractivity contribution < 1.29 is 28.2 Å². The van der Waals surface area contributed by atoms with Crippen molar-refractivity contribution in [3.63, 3.8) is 0 Å². The van der Waals surface area contributed by atoms with Crippen LogP contribution >= 0.6 is 0 Å². The van der Waals surface area contributed by atoms with Crippen LogP contribution in [0.15, 0.2) is 59.5 Å². The minimum absolute atomic E-state index is 0.0336.